The van der Waals surface area contributed by atoms with Gasteiger partial charge in [-0.1, -0.05) is 43.7 Å². The Morgan fingerprint density at radius 1 is 1.18 bits per heavy atom. The molecular formula is C16H26N2O3S. The predicted molar refractivity (Wildman–Crippen MR) is 89.3 cm³/mol. The molecule has 0 spiro atoms. The van der Waals surface area contributed by atoms with E-state index in [4.69, 9.17) is 0 Å². The molecule has 0 heterocycles. The van der Waals surface area contributed by atoms with Crippen molar-refractivity contribution in [3.8, 4) is 0 Å². The lowest BCUT2D eigenvalue weighted by Crippen LogP contribution is -2.33. The van der Waals surface area contributed by atoms with Gasteiger partial charge in [0.1, 0.15) is 0 Å². The Labute approximate surface area is 133 Å². The average molecular weight is 326 g/mol. The Morgan fingerprint density at radius 3 is 2.32 bits per heavy atom. The molecule has 1 rings (SSSR count). The van der Waals surface area contributed by atoms with Gasteiger partial charge in [0, 0.05) is 13.0 Å². The van der Waals surface area contributed by atoms with Crippen LogP contribution in [0.1, 0.15) is 37.8 Å². The molecule has 0 saturated heterocycles. The Kier molecular flexibility index (Phi) is 6.56. The summed E-state index contributed by atoms with van der Waals surface area (Å²) in [6, 6.07) is 8.32. The summed E-state index contributed by atoms with van der Waals surface area (Å²) in [6.07, 6.45) is 1.08. The van der Waals surface area contributed by atoms with Gasteiger partial charge in [-0.15, -0.1) is 0 Å². The van der Waals surface area contributed by atoms with Crippen molar-refractivity contribution in [3.63, 3.8) is 0 Å². The maximum absolute atomic E-state index is 11.8. The third-order valence-corrected chi connectivity index (χ3v) is 5.18. The van der Waals surface area contributed by atoms with Gasteiger partial charge in [0.15, 0.2) is 0 Å². The number of rotatable bonds is 8. The summed E-state index contributed by atoms with van der Waals surface area (Å²) in [5, 5.41) is 2.65. The number of aryl methyl sites for hydroxylation is 1. The third kappa shape index (κ3) is 6.15. The molecule has 124 valence electrons. The van der Waals surface area contributed by atoms with Crippen LogP contribution >= 0.6 is 0 Å². The number of benzene rings is 1. The molecule has 6 heteroatoms. The molecule has 2 N–H and O–H groups in total. The van der Waals surface area contributed by atoms with E-state index in [-0.39, 0.29) is 23.6 Å². The summed E-state index contributed by atoms with van der Waals surface area (Å²) in [5.41, 5.74) is 2.31. The van der Waals surface area contributed by atoms with E-state index in [1.165, 1.54) is 18.2 Å². The van der Waals surface area contributed by atoms with Crippen molar-refractivity contribution in [1.29, 1.82) is 0 Å². The van der Waals surface area contributed by atoms with E-state index in [0.717, 1.165) is 0 Å². The fourth-order valence-electron chi connectivity index (χ4n) is 2.09. The zero-order chi connectivity index (χ0) is 16.8. The van der Waals surface area contributed by atoms with Crippen LogP contribution < -0.4 is 10.0 Å². The molecule has 0 aliphatic carbocycles. The maximum atomic E-state index is 11.8. The summed E-state index contributed by atoms with van der Waals surface area (Å²) in [6.45, 7) is 6.39. The lowest BCUT2D eigenvalue weighted by atomic mass is 9.80. The normalized spacial score (nSPS) is 12.2. The van der Waals surface area contributed by atoms with Gasteiger partial charge in [-0.2, -0.15) is 0 Å². The number of hydrogen-bond acceptors (Lipinski definition) is 3. The third-order valence-electron chi connectivity index (χ3n) is 3.81. The van der Waals surface area contributed by atoms with Gasteiger partial charge in [-0.05, 0) is 31.4 Å². The Morgan fingerprint density at radius 2 is 1.77 bits per heavy atom. The lowest BCUT2D eigenvalue weighted by molar-refractivity contribution is -0.121. The smallest absolute Gasteiger partial charge is 0.220 e. The van der Waals surface area contributed by atoms with Crippen molar-refractivity contribution >= 4 is 15.9 Å². The van der Waals surface area contributed by atoms with Crippen molar-refractivity contribution in [1.82, 2.24) is 10.0 Å². The van der Waals surface area contributed by atoms with Gasteiger partial charge in [-0.25, -0.2) is 13.1 Å². The predicted octanol–water partition coefficient (Wildman–Crippen LogP) is 1.72. The van der Waals surface area contributed by atoms with Crippen molar-refractivity contribution < 1.29 is 13.2 Å². The second-order valence-electron chi connectivity index (χ2n) is 6.12. The first-order valence-electron chi connectivity index (χ1n) is 7.41. The second kappa shape index (κ2) is 7.74. The molecule has 0 unspecified atom stereocenters. The number of sulfonamides is 1. The zero-order valence-corrected chi connectivity index (χ0v) is 14.6. The quantitative estimate of drug-likeness (QED) is 0.764. The largest absolute Gasteiger partial charge is 0.355 e. The minimum absolute atomic E-state index is 0.0951. The van der Waals surface area contributed by atoms with Crippen LogP contribution in [0, 0.1) is 6.92 Å². The standard InChI is InChI=1S/C16H26N2O3S/c1-13-5-7-14(8-6-13)16(2,3)10-9-15(19)18-11-12-22(20,21)17-4/h5-8,17H,9-12H2,1-4H3,(H,18,19). The highest BCUT2D eigenvalue weighted by molar-refractivity contribution is 7.89. The molecular weight excluding hydrogens is 300 g/mol. The van der Waals surface area contributed by atoms with Crippen LogP contribution in [0.3, 0.4) is 0 Å². The van der Waals surface area contributed by atoms with Crippen molar-refractivity contribution in [3.05, 3.63) is 35.4 Å². The average Bonchev–Trinajstić information content (AvgIpc) is 2.45. The molecule has 0 fully saturated rings. The van der Waals surface area contributed by atoms with E-state index in [1.54, 1.807) is 0 Å². The molecule has 22 heavy (non-hydrogen) atoms. The molecule has 1 aromatic carbocycles. The monoisotopic (exact) mass is 326 g/mol. The Bertz CT molecular complexity index is 592. The maximum Gasteiger partial charge on any atom is 0.220 e. The summed E-state index contributed by atoms with van der Waals surface area (Å²) in [7, 11) is -1.91. The first-order valence-corrected chi connectivity index (χ1v) is 9.06. The zero-order valence-electron chi connectivity index (χ0n) is 13.8. The van der Waals surface area contributed by atoms with Gasteiger partial charge in [-0.3, -0.25) is 4.79 Å². The number of carbonyl (C=O) groups is 1. The molecule has 0 saturated carbocycles. The first-order chi connectivity index (χ1) is 10.2. The van der Waals surface area contributed by atoms with Crippen LogP contribution in [-0.4, -0.2) is 33.7 Å². The molecule has 5 nitrogen and oxygen atoms in total. The molecule has 0 aromatic heterocycles. The van der Waals surface area contributed by atoms with E-state index in [9.17, 15) is 13.2 Å². The van der Waals surface area contributed by atoms with Crippen LogP contribution in [0.2, 0.25) is 0 Å². The van der Waals surface area contributed by atoms with Crippen molar-refractivity contribution in [2.75, 3.05) is 19.3 Å². The van der Waals surface area contributed by atoms with Crippen molar-refractivity contribution in [2.45, 2.75) is 39.0 Å². The van der Waals surface area contributed by atoms with Crippen LogP contribution in [0.5, 0.6) is 0 Å². The number of hydrogen-bond donors (Lipinski definition) is 2. The van der Waals surface area contributed by atoms with E-state index in [1.807, 2.05) is 6.92 Å². The number of nitrogens with one attached hydrogen (secondary N) is 2. The number of amides is 1. The summed E-state index contributed by atoms with van der Waals surface area (Å²) >= 11 is 0. The van der Waals surface area contributed by atoms with E-state index >= 15 is 0 Å². The Hall–Kier alpha value is -1.40. The summed E-state index contributed by atoms with van der Waals surface area (Å²) in [5.74, 6) is -0.220. The second-order valence-corrected chi connectivity index (χ2v) is 8.17. The fraction of sp³-hybridized carbons (Fsp3) is 0.562. The summed E-state index contributed by atoms with van der Waals surface area (Å²) in [4.78, 5) is 11.8. The van der Waals surface area contributed by atoms with Crippen molar-refractivity contribution in [2.24, 2.45) is 0 Å². The van der Waals surface area contributed by atoms with Gasteiger partial charge < -0.3 is 5.32 Å². The van der Waals surface area contributed by atoms with Gasteiger partial charge in [0.2, 0.25) is 15.9 Å². The van der Waals surface area contributed by atoms with E-state index in [2.05, 4.69) is 48.2 Å². The lowest BCUT2D eigenvalue weighted by Gasteiger charge is -2.25. The number of carbonyl (C=O) groups excluding carboxylic acids is 1. The highest BCUT2D eigenvalue weighted by Crippen LogP contribution is 2.28. The van der Waals surface area contributed by atoms with Gasteiger partial charge in [0.25, 0.3) is 0 Å². The van der Waals surface area contributed by atoms with E-state index < -0.39 is 10.0 Å². The summed E-state index contributed by atoms with van der Waals surface area (Å²) < 4.78 is 24.7. The molecule has 1 aromatic rings. The fourth-order valence-corrected chi connectivity index (χ4v) is 2.67. The first kappa shape index (κ1) is 18.6. The van der Waals surface area contributed by atoms with Crippen LogP contribution in [0.4, 0.5) is 0 Å². The highest BCUT2D eigenvalue weighted by atomic mass is 32.2. The SMILES string of the molecule is CNS(=O)(=O)CCNC(=O)CCC(C)(C)c1ccc(C)cc1. The van der Waals surface area contributed by atoms with Gasteiger partial charge in [0.05, 0.1) is 5.75 Å². The van der Waals surface area contributed by atoms with Crippen LogP contribution in [0.15, 0.2) is 24.3 Å². The highest BCUT2D eigenvalue weighted by Gasteiger charge is 2.21. The van der Waals surface area contributed by atoms with Gasteiger partial charge >= 0.3 is 0 Å². The molecule has 0 radical (unpaired) electrons. The molecule has 1 amide bonds. The minimum atomic E-state index is -3.27. The van der Waals surface area contributed by atoms with Crippen LogP contribution in [-0.2, 0) is 20.2 Å². The Balaban J connectivity index is 2.44. The minimum Gasteiger partial charge on any atom is -0.355 e. The molecule has 0 bridgehead atoms. The van der Waals surface area contributed by atoms with Crippen LogP contribution in [0.25, 0.3) is 0 Å². The van der Waals surface area contributed by atoms with E-state index in [0.29, 0.717) is 12.8 Å². The molecule has 0 aliphatic rings. The topological polar surface area (TPSA) is 75.3 Å². The molecule has 0 atom stereocenters. The molecule has 0 aliphatic heterocycles.